The van der Waals surface area contributed by atoms with Crippen molar-refractivity contribution in [1.82, 2.24) is 0 Å². The van der Waals surface area contributed by atoms with E-state index >= 15 is 0 Å². The first kappa shape index (κ1) is 16.8. The monoisotopic (exact) mass is 323 g/mol. The first-order valence-electron chi connectivity index (χ1n) is 8.76. The van der Waals surface area contributed by atoms with Gasteiger partial charge in [-0.2, -0.15) is 0 Å². The van der Waals surface area contributed by atoms with Gasteiger partial charge < -0.3 is 5.32 Å². The number of para-hydroxylation sites is 1. The minimum absolute atomic E-state index is 0.157. The van der Waals surface area contributed by atoms with Crippen molar-refractivity contribution >= 4 is 11.3 Å². The van der Waals surface area contributed by atoms with Crippen molar-refractivity contribution in [2.75, 3.05) is 11.9 Å². The molecule has 1 aliphatic heterocycles. The topological polar surface area (TPSA) is 12.0 Å². The number of allylic oxidation sites excluding steroid dienone is 1. The van der Waals surface area contributed by atoms with Crippen LogP contribution in [0.5, 0.6) is 0 Å². The van der Waals surface area contributed by atoms with E-state index in [9.17, 15) is 4.39 Å². The van der Waals surface area contributed by atoms with Gasteiger partial charge in [0.1, 0.15) is 5.82 Å². The lowest BCUT2D eigenvalue weighted by Crippen LogP contribution is -2.11. The second-order valence-corrected chi connectivity index (χ2v) is 7.57. The van der Waals surface area contributed by atoms with Crippen molar-refractivity contribution in [3.05, 3.63) is 71.0 Å². The van der Waals surface area contributed by atoms with Crippen LogP contribution in [-0.4, -0.2) is 6.54 Å². The van der Waals surface area contributed by atoms with E-state index in [1.807, 2.05) is 6.07 Å². The van der Waals surface area contributed by atoms with Crippen LogP contribution >= 0.6 is 0 Å². The van der Waals surface area contributed by atoms with E-state index in [1.54, 1.807) is 6.07 Å². The molecule has 0 saturated carbocycles. The highest BCUT2D eigenvalue weighted by Gasteiger charge is 2.15. The molecule has 3 rings (SSSR count). The molecule has 0 fully saturated rings. The predicted octanol–water partition coefficient (Wildman–Crippen LogP) is 5.96. The van der Waals surface area contributed by atoms with E-state index in [1.165, 1.54) is 22.8 Å². The summed E-state index contributed by atoms with van der Waals surface area (Å²) in [5.41, 5.74) is 5.88. The van der Waals surface area contributed by atoms with Gasteiger partial charge in [0.2, 0.25) is 0 Å². The minimum Gasteiger partial charge on any atom is -0.379 e. The second-order valence-electron chi connectivity index (χ2n) is 7.57. The molecule has 1 nitrogen and oxygen atoms in total. The summed E-state index contributed by atoms with van der Waals surface area (Å²) < 4.78 is 13.9. The summed E-state index contributed by atoms with van der Waals surface area (Å²) in [7, 11) is 0. The van der Waals surface area contributed by atoms with Crippen LogP contribution in [0.1, 0.15) is 50.3 Å². The van der Waals surface area contributed by atoms with Crippen LogP contribution in [0, 0.1) is 5.82 Å². The molecule has 2 heteroatoms. The van der Waals surface area contributed by atoms with Gasteiger partial charge in [-0.1, -0.05) is 63.2 Å². The molecule has 0 saturated heterocycles. The van der Waals surface area contributed by atoms with Gasteiger partial charge in [-0.25, -0.2) is 4.39 Å². The number of rotatable bonds is 4. The Hall–Kier alpha value is -2.09. The number of fused-ring (bicyclic) bond motifs is 1. The number of halogens is 1. The van der Waals surface area contributed by atoms with E-state index in [0.29, 0.717) is 12.2 Å². The summed E-state index contributed by atoms with van der Waals surface area (Å²) in [5, 5.41) is 3.14. The molecule has 0 amide bonds. The molecule has 0 spiro atoms. The van der Waals surface area contributed by atoms with E-state index in [4.69, 9.17) is 0 Å². The minimum atomic E-state index is -0.157. The molecule has 0 radical (unpaired) electrons. The summed E-state index contributed by atoms with van der Waals surface area (Å²) in [6.45, 7) is 7.43. The quantitative estimate of drug-likeness (QED) is 0.732. The van der Waals surface area contributed by atoms with Gasteiger partial charge >= 0.3 is 0 Å². The first-order valence-corrected chi connectivity index (χ1v) is 8.76. The van der Waals surface area contributed by atoms with E-state index < -0.39 is 0 Å². The van der Waals surface area contributed by atoms with E-state index in [2.05, 4.69) is 56.4 Å². The summed E-state index contributed by atoms with van der Waals surface area (Å²) in [6, 6.07) is 14.3. The van der Waals surface area contributed by atoms with Crippen molar-refractivity contribution in [3.63, 3.8) is 0 Å². The Morgan fingerprint density at radius 3 is 2.46 bits per heavy atom. The molecule has 2 aromatic carbocycles. The lowest BCUT2D eigenvalue weighted by Gasteiger charge is -2.20. The Labute approximate surface area is 144 Å². The number of benzene rings is 2. The summed E-state index contributed by atoms with van der Waals surface area (Å²) in [4.78, 5) is 0. The van der Waals surface area contributed by atoms with Crippen molar-refractivity contribution in [2.24, 2.45) is 0 Å². The summed E-state index contributed by atoms with van der Waals surface area (Å²) in [5.74, 6) is -0.157. The van der Waals surface area contributed by atoms with E-state index in [0.717, 1.165) is 24.8 Å². The maximum atomic E-state index is 13.9. The standard InChI is InChI=1S/C22H26FN/c1-22(2,3)18-12-10-16(11-13-18)6-4-7-17-14-15-24-21-19(17)8-5-9-20(21)23/h5,8-14,24H,4,6-7,15H2,1-3H3. The number of anilines is 1. The van der Waals surface area contributed by atoms with Crippen LogP contribution in [0.15, 0.2) is 48.5 Å². The molecule has 1 heterocycles. The van der Waals surface area contributed by atoms with Crippen molar-refractivity contribution < 1.29 is 4.39 Å². The highest BCUT2D eigenvalue weighted by atomic mass is 19.1. The molecule has 0 aromatic heterocycles. The third kappa shape index (κ3) is 3.69. The van der Waals surface area contributed by atoms with Gasteiger partial charge in [0.25, 0.3) is 0 Å². The fourth-order valence-corrected chi connectivity index (χ4v) is 3.25. The predicted molar refractivity (Wildman–Crippen MR) is 101 cm³/mol. The zero-order valence-electron chi connectivity index (χ0n) is 14.8. The Morgan fingerprint density at radius 1 is 1.00 bits per heavy atom. The number of aryl methyl sites for hydroxylation is 1. The molecular formula is C22H26FN. The molecule has 0 unspecified atom stereocenters. The third-order valence-electron chi connectivity index (χ3n) is 4.72. The van der Waals surface area contributed by atoms with Gasteiger partial charge in [-0.15, -0.1) is 0 Å². The van der Waals surface area contributed by atoms with Gasteiger partial charge in [-0.3, -0.25) is 0 Å². The Kier molecular flexibility index (Phi) is 4.75. The zero-order chi connectivity index (χ0) is 17.2. The molecule has 1 N–H and O–H groups in total. The lowest BCUT2D eigenvalue weighted by molar-refractivity contribution is 0.590. The number of hydrogen-bond acceptors (Lipinski definition) is 1. The van der Waals surface area contributed by atoms with Crippen LogP contribution in [-0.2, 0) is 11.8 Å². The van der Waals surface area contributed by atoms with Crippen LogP contribution in [0.4, 0.5) is 10.1 Å². The third-order valence-corrected chi connectivity index (χ3v) is 4.72. The molecule has 2 aromatic rings. The maximum Gasteiger partial charge on any atom is 0.146 e. The van der Waals surface area contributed by atoms with Crippen LogP contribution in [0.3, 0.4) is 0 Å². The molecule has 0 bridgehead atoms. The van der Waals surface area contributed by atoms with Gasteiger partial charge in [0.15, 0.2) is 0 Å². The second kappa shape index (κ2) is 6.80. The summed E-state index contributed by atoms with van der Waals surface area (Å²) in [6.07, 6.45) is 5.31. The van der Waals surface area contributed by atoms with Crippen LogP contribution < -0.4 is 5.32 Å². The first-order chi connectivity index (χ1) is 11.4. The van der Waals surface area contributed by atoms with Crippen molar-refractivity contribution in [3.8, 4) is 0 Å². The van der Waals surface area contributed by atoms with Gasteiger partial charge in [-0.05, 0) is 47.4 Å². The average molecular weight is 323 g/mol. The normalized spacial score (nSPS) is 13.9. The van der Waals surface area contributed by atoms with Crippen LogP contribution in [0.2, 0.25) is 0 Å². The molecule has 1 aliphatic rings. The number of nitrogens with one attached hydrogen (secondary N) is 1. The van der Waals surface area contributed by atoms with Gasteiger partial charge in [0, 0.05) is 12.1 Å². The smallest absolute Gasteiger partial charge is 0.146 e. The molecule has 0 aliphatic carbocycles. The lowest BCUT2D eigenvalue weighted by atomic mass is 9.86. The maximum absolute atomic E-state index is 13.9. The molecule has 126 valence electrons. The Balaban J connectivity index is 1.61. The van der Waals surface area contributed by atoms with E-state index in [-0.39, 0.29) is 11.2 Å². The molecule has 24 heavy (non-hydrogen) atoms. The Bertz CT molecular complexity index is 736. The fourth-order valence-electron chi connectivity index (χ4n) is 3.25. The van der Waals surface area contributed by atoms with Crippen LogP contribution in [0.25, 0.3) is 5.57 Å². The average Bonchev–Trinajstić information content (AvgIpc) is 2.55. The van der Waals surface area contributed by atoms with Crippen molar-refractivity contribution in [2.45, 2.75) is 45.4 Å². The highest BCUT2D eigenvalue weighted by Crippen LogP contribution is 2.32. The van der Waals surface area contributed by atoms with Crippen molar-refractivity contribution in [1.29, 1.82) is 0 Å². The SMILES string of the molecule is CC(C)(C)c1ccc(CCCC2=CCNc3c(F)cccc32)cc1. The molecule has 0 atom stereocenters. The Morgan fingerprint density at radius 2 is 1.75 bits per heavy atom. The molecular weight excluding hydrogens is 297 g/mol. The highest BCUT2D eigenvalue weighted by molar-refractivity contribution is 5.79. The largest absolute Gasteiger partial charge is 0.379 e. The zero-order valence-corrected chi connectivity index (χ0v) is 14.8. The summed E-state index contributed by atoms with van der Waals surface area (Å²) >= 11 is 0. The fraction of sp³-hybridized carbons (Fsp3) is 0.364. The van der Waals surface area contributed by atoms with Gasteiger partial charge in [0.05, 0.1) is 5.69 Å². The number of hydrogen-bond donors (Lipinski definition) is 1.